The van der Waals surface area contributed by atoms with E-state index in [2.05, 4.69) is 42.4 Å². The summed E-state index contributed by atoms with van der Waals surface area (Å²) in [5.74, 6) is 0.409. The number of hydrazone groups is 1. The molecule has 0 aliphatic heterocycles. The van der Waals surface area contributed by atoms with Crippen LogP contribution in [0.4, 0.5) is 0 Å². The molecular formula is C21H16Br2N2O2. The van der Waals surface area contributed by atoms with E-state index in [4.69, 9.17) is 4.74 Å². The maximum absolute atomic E-state index is 12.2. The standard InChI is InChI=1S/C21H16Br2N2O2/c22-17-11-9-15(10-12-17)14-27-20-8-4-1-5-16(20)13-24-25-21(26)18-6-2-3-7-19(18)23/h1-13H,14H2,(H,25,26)/b24-13-. The second kappa shape index (κ2) is 9.48. The lowest BCUT2D eigenvalue weighted by molar-refractivity contribution is 0.0954. The third-order valence-corrected chi connectivity index (χ3v) is 4.93. The number of ether oxygens (including phenoxy) is 1. The summed E-state index contributed by atoms with van der Waals surface area (Å²) in [5, 5.41) is 4.05. The van der Waals surface area contributed by atoms with E-state index in [9.17, 15) is 4.79 Å². The summed E-state index contributed by atoms with van der Waals surface area (Å²) in [7, 11) is 0. The molecule has 0 saturated carbocycles. The van der Waals surface area contributed by atoms with Gasteiger partial charge in [0.25, 0.3) is 5.91 Å². The molecule has 3 aromatic rings. The van der Waals surface area contributed by atoms with Gasteiger partial charge in [-0.25, -0.2) is 5.43 Å². The zero-order valence-corrected chi connectivity index (χ0v) is 17.4. The predicted molar refractivity (Wildman–Crippen MR) is 114 cm³/mol. The smallest absolute Gasteiger partial charge is 0.272 e. The Labute approximate surface area is 174 Å². The van der Waals surface area contributed by atoms with Gasteiger partial charge in [0.1, 0.15) is 12.4 Å². The fourth-order valence-electron chi connectivity index (χ4n) is 2.33. The number of halogens is 2. The maximum atomic E-state index is 12.2. The van der Waals surface area contributed by atoms with Gasteiger partial charge in [0.05, 0.1) is 11.8 Å². The lowest BCUT2D eigenvalue weighted by Crippen LogP contribution is -2.18. The van der Waals surface area contributed by atoms with Crippen LogP contribution < -0.4 is 10.2 Å². The Bertz CT molecular complexity index is 956. The second-order valence-corrected chi connectivity index (χ2v) is 7.40. The average molecular weight is 488 g/mol. The number of hydrogen-bond acceptors (Lipinski definition) is 3. The number of carbonyl (C=O) groups excluding carboxylic acids is 1. The Kier molecular flexibility index (Phi) is 6.79. The lowest BCUT2D eigenvalue weighted by Gasteiger charge is -2.09. The van der Waals surface area contributed by atoms with Crippen molar-refractivity contribution in [3.05, 3.63) is 98.4 Å². The van der Waals surface area contributed by atoms with E-state index in [1.807, 2.05) is 60.7 Å². The van der Waals surface area contributed by atoms with Gasteiger partial charge in [-0.15, -0.1) is 0 Å². The first-order valence-corrected chi connectivity index (χ1v) is 9.76. The summed E-state index contributed by atoms with van der Waals surface area (Å²) < 4.78 is 7.64. The van der Waals surface area contributed by atoms with Crippen LogP contribution in [0.15, 0.2) is 86.8 Å². The molecule has 27 heavy (non-hydrogen) atoms. The Morgan fingerprint density at radius 3 is 2.44 bits per heavy atom. The predicted octanol–water partition coefficient (Wildman–Crippen LogP) is 5.55. The minimum atomic E-state index is -0.285. The van der Waals surface area contributed by atoms with Crippen molar-refractivity contribution in [1.82, 2.24) is 5.43 Å². The molecule has 0 aliphatic carbocycles. The van der Waals surface area contributed by atoms with Crippen LogP contribution in [0, 0.1) is 0 Å². The Morgan fingerprint density at radius 2 is 1.67 bits per heavy atom. The van der Waals surface area contributed by atoms with Gasteiger partial charge in [-0.3, -0.25) is 4.79 Å². The number of amides is 1. The van der Waals surface area contributed by atoms with Gasteiger partial charge in [0.15, 0.2) is 0 Å². The van der Waals surface area contributed by atoms with E-state index in [0.29, 0.717) is 17.9 Å². The van der Waals surface area contributed by atoms with Crippen molar-refractivity contribution in [1.29, 1.82) is 0 Å². The lowest BCUT2D eigenvalue weighted by atomic mass is 10.2. The molecule has 0 radical (unpaired) electrons. The summed E-state index contributed by atoms with van der Waals surface area (Å²) >= 11 is 6.78. The molecule has 0 fully saturated rings. The van der Waals surface area contributed by atoms with Crippen LogP contribution in [0.2, 0.25) is 0 Å². The zero-order chi connectivity index (χ0) is 19.1. The second-order valence-electron chi connectivity index (χ2n) is 5.63. The van der Waals surface area contributed by atoms with Crippen LogP contribution in [0.1, 0.15) is 21.5 Å². The highest BCUT2D eigenvalue weighted by Crippen LogP contribution is 2.19. The van der Waals surface area contributed by atoms with Gasteiger partial charge in [-0.2, -0.15) is 5.10 Å². The van der Waals surface area contributed by atoms with Crippen LogP contribution in [0.5, 0.6) is 5.75 Å². The maximum Gasteiger partial charge on any atom is 0.272 e. The molecule has 6 heteroatoms. The normalized spacial score (nSPS) is 10.7. The van der Waals surface area contributed by atoms with Gasteiger partial charge < -0.3 is 4.74 Å². The number of benzene rings is 3. The first-order chi connectivity index (χ1) is 13.1. The van der Waals surface area contributed by atoms with Crippen LogP contribution in [-0.2, 0) is 6.61 Å². The van der Waals surface area contributed by atoms with Gasteiger partial charge >= 0.3 is 0 Å². The number of carbonyl (C=O) groups is 1. The van der Waals surface area contributed by atoms with Crippen molar-refractivity contribution >= 4 is 44.0 Å². The molecule has 0 aromatic heterocycles. The van der Waals surface area contributed by atoms with Gasteiger partial charge in [0, 0.05) is 14.5 Å². The molecule has 1 N–H and O–H groups in total. The highest BCUT2D eigenvalue weighted by Gasteiger charge is 2.08. The quantitative estimate of drug-likeness (QED) is 0.365. The number of nitrogens with zero attached hydrogens (tertiary/aromatic N) is 1. The molecule has 3 rings (SSSR count). The minimum absolute atomic E-state index is 0.285. The monoisotopic (exact) mass is 486 g/mol. The van der Waals surface area contributed by atoms with Crippen molar-refractivity contribution in [3.63, 3.8) is 0 Å². The van der Waals surface area contributed by atoms with Crippen LogP contribution in [0.3, 0.4) is 0 Å². The molecule has 3 aromatic carbocycles. The number of para-hydroxylation sites is 1. The van der Waals surface area contributed by atoms with Gasteiger partial charge in [0.2, 0.25) is 0 Å². The fraction of sp³-hybridized carbons (Fsp3) is 0.0476. The van der Waals surface area contributed by atoms with Crippen LogP contribution >= 0.6 is 31.9 Å². The van der Waals surface area contributed by atoms with Gasteiger partial charge in [-0.05, 0) is 57.9 Å². The summed E-state index contributed by atoms with van der Waals surface area (Å²) in [6.45, 7) is 0.446. The molecule has 0 aliphatic rings. The molecule has 4 nitrogen and oxygen atoms in total. The Morgan fingerprint density at radius 1 is 0.963 bits per heavy atom. The van der Waals surface area contributed by atoms with E-state index >= 15 is 0 Å². The molecule has 0 bridgehead atoms. The molecule has 0 atom stereocenters. The summed E-state index contributed by atoms with van der Waals surface area (Å²) in [6, 6.07) is 22.7. The molecule has 0 heterocycles. The first kappa shape index (κ1) is 19.3. The minimum Gasteiger partial charge on any atom is -0.488 e. The largest absolute Gasteiger partial charge is 0.488 e. The molecule has 136 valence electrons. The highest BCUT2D eigenvalue weighted by atomic mass is 79.9. The summed E-state index contributed by atoms with van der Waals surface area (Å²) in [6.07, 6.45) is 1.58. The topological polar surface area (TPSA) is 50.7 Å². The zero-order valence-electron chi connectivity index (χ0n) is 14.2. The van der Waals surface area contributed by atoms with Crippen molar-refractivity contribution in [2.45, 2.75) is 6.61 Å². The first-order valence-electron chi connectivity index (χ1n) is 8.17. The third kappa shape index (κ3) is 5.52. The van der Waals surface area contributed by atoms with Crippen molar-refractivity contribution in [3.8, 4) is 5.75 Å². The van der Waals surface area contributed by atoms with Crippen LogP contribution in [0.25, 0.3) is 0 Å². The van der Waals surface area contributed by atoms with E-state index < -0.39 is 0 Å². The van der Waals surface area contributed by atoms with Crippen molar-refractivity contribution in [2.24, 2.45) is 5.10 Å². The Hall–Kier alpha value is -2.44. The molecule has 1 amide bonds. The molecule has 0 unspecified atom stereocenters. The number of rotatable bonds is 6. The van der Waals surface area contributed by atoms with E-state index in [1.54, 1.807) is 18.3 Å². The van der Waals surface area contributed by atoms with Crippen molar-refractivity contribution < 1.29 is 9.53 Å². The molecule has 0 spiro atoms. The fourth-order valence-corrected chi connectivity index (χ4v) is 3.06. The number of nitrogens with one attached hydrogen (secondary N) is 1. The van der Waals surface area contributed by atoms with E-state index in [1.165, 1.54) is 0 Å². The number of hydrogen-bond donors (Lipinski definition) is 1. The van der Waals surface area contributed by atoms with E-state index in [-0.39, 0.29) is 5.91 Å². The highest BCUT2D eigenvalue weighted by molar-refractivity contribution is 9.10. The SMILES string of the molecule is O=C(N/N=C\c1ccccc1OCc1ccc(Br)cc1)c1ccccc1Br. The third-order valence-electron chi connectivity index (χ3n) is 3.71. The van der Waals surface area contributed by atoms with Crippen molar-refractivity contribution in [2.75, 3.05) is 0 Å². The van der Waals surface area contributed by atoms with Crippen LogP contribution in [-0.4, -0.2) is 12.1 Å². The van der Waals surface area contributed by atoms with E-state index in [0.717, 1.165) is 20.1 Å². The molecule has 0 saturated heterocycles. The molecular weight excluding hydrogens is 472 g/mol. The summed E-state index contributed by atoms with van der Waals surface area (Å²) in [4.78, 5) is 12.2. The van der Waals surface area contributed by atoms with Gasteiger partial charge in [-0.1, -0.05) is 52.3 Å². The Balaban J connectivity index is 1.65. The average Bonchev–Trinajstić information content (AvgIpc) is 2.68. The summed E-state index contributed by atoms with van der Waals surface area (Å²) in [5.41, 5.74) is 4.90.